The molecule has 1 heterocycles. The Bertz CT molecular complexity index is 593. The minimum Gasteiger partial charge on any atom is -0.347 e. The Labute approximate surface area is 129 Å². The van der Waals surface area contributed by atoms with Crippen LogP contribution in [0.3, 0.4) is 0 Å². The van der Waals surface area contributed by atoms with Crippen LogP contribution in [0.15, 0.2) is 59.1 Å². The quantitative estimate of drug-likeness (QED) is 0.736. The first-order valence-electron chi connectivity index (χ1n) is 6.62. The van der Waals surface area contributed by atoms with Crippen LogP contribution >= 0.6 is 15.9 Å². The fourth-order valence-corrected chi connectivity index (χ4v) is 2.55. The molecule has 0 N–H and O–H groups in total. The summed E-state index contributed by atoms with van der Waals surface area (Å²) in [4.78, 5) is 6.91. The van der Waals surface area contributed by atoms with Crippen molar-refractivity contribution in [2.45, 2.75) is 20.4 Å². The fourth-order valence-electron chi connectivity index (χ4n) is 2.08. The smallest absolute Gasteiger partial charge is 0.143 e. The molecule has 0 saturated carbocycles. The average molecular weight is 331 g/mol. The maximum Gasteiger partial charge on any atom is 0.143 e. The van der Waals surface area contributed by atoms with Gasteiger partial charge in [-0.1, -0.05) is 42.5 Å². The largest absolute Gasteiger partial charge is 0.347 e. The Hall–Kier alpha value is -1.61. The lowest BCUT2D eigenvalue weighted by Crippen LogP contribution is -2.26. The lowest BCUT2D eigenvalue weighted by molar-refractivity contribution is 0.820. The molecule has 0 atom stereocenters. The normalized spacial score (nSPS) is 10.3. The summed E-state index contributed by atoms with van der Waals surface area (Å²) in [6.45, 7) is 9.70. The third-order valence-corrected chi connectivity index (χ3v) is 3.56. The highest BCUT2D eigenvalue weighted by atomic mass is 79.9. The lowest BCUT2D eigenvalue weighted by Gasteiger charge is -2.25. The molecule has 1 aromatic heterocycles. The summed E-state index contributed by atoms with van der Waals surface area (Å²) in [6, 6.07) is 14.5. The summed E-state index contributed by atoms with van der Waals surface area (Å²) in [6.07, 6.45) is 0. The van der Waals surface area contributed by atoms with Gasteiger partial charge in [-0.3, -0.25) is 0 Å². The lowest BCUT2D eigenvalue weighted by atomic mass is 10.2. The van der Waals surface area contributed by atoms with Crippen molar-refractivity contribution in [3.05, 3.63) is 70.3 Å². The first-order valence-corrected chi connectivity index (χ1v) is 7.42. The first-order chi connectivity index (χ1) is 9.56. The van der Waals surface area contributed by atoms with E-state index in [9.17, 15) is 0 Å². The highest BCUT2D eigenvalue weighted by Gasteiger charge is 2.12. The van der Waals surface area contributed by atoms with Crippen molar-refractivity contribution in [3.8, 4) is 0 Å². The average Bonchev–Trinajstić information content (AvgIpc) is 2.41. The van der Waals surface area contributed by atoms with Gasteiger partial charge in [0.2, 0.25) is 0 Å². The van der Waals surface area contributed by atoms with Gasteiger partial charge in [-0.05, 0) is 47.5 Å². The van der Waals surface area contributed by atoms with Gasteiger partial charge < -0.3 is 4.90 Å². The molecule has 0 spiro atoms. The molecule has 0 aliphatic heterocycles. The molecule has 0 amide bonds. The highest BCUT2D eigenvalue weighted by molar-refractivity contribution is 9.10. The van der Waals surface area contributed by atoms with Crippen LogP contribution < -0.4 is 4.90 Å². The van der Waals surface area contributed by atoms with Gasteiger partial charge in [0.25, 0.3) is 0 Å². The van der Waals surface area contributed by atoms with E-state index in [1.807, 2.05) is 32.0 Å². The topological polar surface area (TPSA) is 16.1 Å². The zero-order valence-electron chi connectivity index (χ0n) is 11.9. The second kappa shape index (κ2) is 6.71. The summed E-state index contributed by atoms with van der Waals surface area (Å²) in [5.41, 5.74) is 3.41. The summed E-state index contributed by atoms with van der Waals surface area (Å²) >= 11 is 3.60. The van der Waals surface area contributed by atoms with Crippen LogP contribution in [0.2, 0.25) is 0 Å². The van der Waals surface area contributed by atoms with Crippen molar-refractivity contribution in [3.63, 3.8) is 0 Å². The Morgan fingerprint density at radius 3 is 2.55 bits per heavy atom. The van der Waals surface area contributed by atoms with E-state index in [-0.39, 0.29) is 0 Å². The van der Waals surface area contributed by atoms with Gasteiger partial charge >= 0.3 is 0 Å². The van der Waals surface area contributed by atoms with Crippen LogP contribution in [-0.2, 0) is 6.54 Å². The van der Waals surface area contributed by atoms with Gasteiger partial charge in [-0.15, -0.1) is 0 Å². The maximum absolute atomic E-state index is 4.66. The molecular weight excluding hydrogens is 312 g/mol. The van der Waals surface area contributed by atoms with Crippen molar-refractivity contribution in [2.24, 2.45) is 0 Å². The van der Waals surface area contributed by atoms with Gasteiger partial charge in [0.15, 0.2) is 0 Å². The fraction of sp³-hybridized carbons (Fsp3) is 0.235. The molecule has 0 fully saturated rings. The Kier molecular flexibility index (Phi) is 4.96. The van der Waals surface area contributed by atoms with E-state index in [4.69, 9.17) is 0 Å². The Balaban J connectivity index is 2.32. The number of nitrogens with zero attached hydrogens (tertiary/aromatic N) is 2. The van der Waals surface area contributed by atoms with Gasteiger partial charge in [0, 0.05) is 18.8 Å². The van der Waals surface area contributed by atoms with E-state index in [0.717, 1.165) is 34.6 Å². The SMILES string of the molecule is C=C(C)CN(Cc1ccccc1)c1nc(C)ccc1Br. The van der Waals surface area contributed by atoms with Crippen LogP contribution in [-0.4, -0.2) is 11.5 Å². The van der Waals surface area contributed by atoms with Crippen LogP contribution in [0.4, 0.5) is 5.82 Å². The number of anilines is 1. The third kappa shape index (κ3) is 3.94. The number of pyridine rings is 1. The Morgan fingerprint density at radius 1 is 1.20 bits per heavy atom. The number of hydrogen-bond donors (Lipinski definition) is 0. The number of aromatic nitrogens is 1. The molecule has 2 aromatic rings. The molecule has 0 aliphatic carbocycles. The number of aryl methyl sites for hydroxylation is 1. The number of halogens is 1. The van der Waals surface area contributed by atoms with Crippen LogP contribution in [0.1, 0.15) is 18.2 Å². The summed E-state index contributed by atoms with van der Waals surface area (Å²) in [5, 5.41) is 0. The van der Waals surface area contributed by atoms with Gasteiger partial charge in [0.1, 0.15) is 5.82 Å². The predicted molar refractivity (Wildman–Crippen MR) is 89.0 cm³/mol. The monoisotopic (exact) mass is 330 g/mol. The van der Waals surface area contributed by atoms with E-state index in [0.29, 0.717) is 0 Å². The molecule has 0 aliphatic rings. The third-order valence-electron chi connectivity index (χ3n) is 2.94. The number of hydrogen-bond acceptors (Lipinski definition) is 2. The van der Waals surface area contributed by atoms with Crippen LogP contribution in [0.25, 0.3) is 0 Å². The number of rotatable bonds is 5. The molecule has 3 heteroatoms. The predicted octanol–water partition coefficient (Wildman–Crippen LogP) is 4.74. The molecule has 104 valence electrons. The van der Waals surface area contributed by atoms with Gasteiger partial charge in [-0.25, -0.2) is 4.98 Å². The Morgan fingerprint density at radius 2 is 1.90 bits per heavy atom. The van der Waals surface area contributed by atoms with E-state index in [1.54, 1.807) is 0 Å². The zero-order chi connectivity index (χ0) is 14.5. The molecule has 0 radical (unpaired) electrons. The molecule has 0 saturated heterocycles. The van der Waals surface area contributed by atoms with Crippen molar-refractivity contribution < 1.29 is 0 Å². The summed E-state index contributed by atoms with van der Waals surface area (Å²) in [7, 11) is 0. The second-order valence-corrected chi connectivity index (χ2v) is 5.91. The molecular formula is C17H19BrN2. The van der Waals surface area contributed by atoms with Crippen LogP contribution in [0, 0.1) is 6.92 Å². The van der Waals surface area contributed by atoms with Crippen LogP contribution in [0.5, 0.6) is 0 Å². The standard InChI is InChI=1S/C17H19BrN2/c1-13(2)11-20(12-15-7-5-4-6-8-15)17-16(18)10-9-14(3)19-17/h4-10H,1,11-12H2,2-3H3. The minimum absolute atomic E-state index is 0.796. The molecule has 1 aromatic carbocycles. The first kappa shape index (κ1) is 14.8. The van der Waals surface area contributed by atoms with Crippen molar-refractivity contribution in [1.82, 2.24) is 4.98 Å². The van der Waals surface area contributed by atoms with Gasteiger partial charge in [0.05, 0.1) is 4.47 Å². The molecule has 20 heavy (non-hydrogen) atoms. The molecule has 0 unspecified atom stereocenters. The summed E-state index contributed by atoms with van der Waals surface area (Å²) in [5.74, 6) is 0.969. The molecule has 2 nitrogen and oxygen atoms in total. The highest BCUT2D eigenvalue weighted by Crippen LogP contribution is 2.26. The van der Waals surface area contributed by atoms with E-state index in [1.165, 1.54) is 5.56 Å². The number of benzene rings is 1. The van der Waals surface area contributed by atoms with E-state index in [2.05, 4.69) is 56.7 Å². The van der Waals surface area contributed by atoms with Crippen molar-refractivity contribution in [1.29, 1.82) is 0 Å². The van der Waals surface area contributed by atoms with Crippen molar-refractivity contribution in [2.75, 3.05) is 11.4 Å². The summed E-state index contributed by atoms with van der Waals surface area (Å²) < 4.78 is 1.01. The van der Waals surface area contributed by atoms with Crippen molar-refractivity contribution >= 4 is 21.7 Å². The second-order valence-electron chi connectivity index (χ2n) is 5.06. The molecule has 2 rings (SSSR count). The van der Waals surface area contributed by atoms with Gasteiger partial charge in [-0.2, -0.15) is 0 Å². The maximum atomic E-state index is 4.66. The van der Waals surface area contributed by atoms with E-state index >= 15 is 0 Å². The van der Waals surface area contributed by atoms with E-state index < -0.39 is 0 Å². The minimum atomic E-state index is 0.796. The zero-order valence-corrected chi connectivity index (χ0v) is 13.5. The molecule has 0 bridgehead atoms.